The molecular weight excluding hydrogens is 461 g/mol. The first-order chi connectivity index (χ1) is 16.7. The Labute approximate surface area is 199 Å². The van der Waals surface area contributed by atoms with E-state index in [4.69, 9.17) is 10.5 Å². The van der Waals surface area contributed by atoms with Crippen molar-refractivity contribution in [3.05, 3.63) is 54.2 Å². The van der Waals surface area contributed by atoms with Gasteiger partial charge in [-0.15, -0.1) is 10.2 Å². The number of nitrogens with zero attached hydrogens (tertiary/aromatic N) is 5. The Hall–Kier alpha value is -3.28. The molecule has 11 heteroatoms. The molecule has 1 aliphatic heterocycles. The van der Waals surface area contributed by atoms with Crippen molar-refractivity contribution in [1.29, 1.82) is 0 Å². The molecule has 0 aliphatic carbocycles. The molecule has 0 bridgehead atoms. The smallest absolute Gasteiger partial charge is 0.408 e. The number of aliphatic hydroxyl groups is 1. The van der Waals surface area contributed by atoms with Gasteiger partial charge in [-0.05, 0) is 37.1 Å². The monoisotopic (exact) mass is 486 g/mol. The third-order valence-corrected chi connectivity index (χ3v) is 6.17. The molecule has 1 saturated heterocycles. The third-order valence-electron chi connectivity index (χ3n) is 6.17. The number of ether oxygens (including phenoxy) is 1. The topological polar surface area (TPSA) is 102 Å². The molecule has 3 N–H and O–H groups in total. The Morgan fingerprint density at radius 1 is 1.17 bits per heavy atom. The lowest BCUT2D eigenvalue weighted by atomic mass is 10.1. The number of nitrogens with two attached hydrogens (primary N) is 1. The molecule has 3 atom stereocenters. The number of alkyl halides is 3. The van der Waals surface area contributed by atoms with Gasteiger partial charge in [0.1, 0.15) is 29.1 Å². The van der Waals surface area contributed by atoms with Gasteiger partial charge in [0.05, 0.1) is 6.61 Å². The molecule has 0 radical (unpaired) electrons. The number of hydrogen-bond acceptors (Lipinski definition) is 7. The molecule has 5 rings (SSSR count). The van der Waals surface area contributed by atoms with Gasteiger partial charge in [-0.3, -0.25) is 9.30 Å². The van der Waals surface area contributed by atoms with Gasteiger partial charge in [0.15, 0.2) is 11.5 Å². The summed E-state index contributed by atoms with van der Waals surface area (Å²) in [5.41, 5.74) is 7.36. The second-order valence-corrected chi connectivity index (χ2v) is 8.84. The third kappa shape index (κ3) is 4.54. The molecule has 0 saturated carbocycles. The summed E-state index contributed by atoms with van der Waals surface area (Å²) >= 11 is 0. The van der Waals surface area contributed by atoms with E-state index in [2.05, 4.69) is 15.2 Å². The Morgan fingerprint density at radius 2 is 2.00 bits per heavy atom. The summed E-state index contributed by atoms with van der Waals surface area (Å²) in [5, 5.41) is 18.5. The van der Waals surface area contributed by atoms with Crippen LogP contribution in [0.4, 0.5) is 13.2 Å². The molecule has 2 unspecified atom stereocenters. The highest BCUT2D eigenvalue weighted by Gasteiger charge is 2.46. The minimum atomic E-state index is -4.47. The summed E-state index contributed by atoms with van der Waals surface area (Å²) in [6.07, 6.45) is -2.95. The Balaban J connectivity index is 1.59. The van der Waals surface area contributed by atoms with Crippen LogP contribution in [0.15, 0.2) is 48.7 Å². The number of likely N-dealkylation sites (tertiary alicyclic amines) is 1. The molecule has 1 aliphatic rings. The predicted octanol–water partition coefficient (Wildman–Crippen LogP) is 3.34. The molecule has 4 heterocycles. The van der Waals surface area contributed by atoms with Crippen molar-refractivity contribution < 1.29 is 23.0 Å². The van der Waals surface area contributed by atoms with Gasteiger partial charge < -0.3 is 15.6 Å². The second kappa shape index (κ2) is 9.06. The largest absolute Gasteiger partial charge is 0.486 e. The Bertz CT molecular complexity index is 1360. The molecule has 8 nitrogen and oxygen atoms in total. The van der Waals surface area contributed by atoms with Crippen LogP contribution in [0.5, 0.6) is 5.75 Å². The highest BCUT2D eigenvalue weighted by atomic mass is 19.4. The van der Waals surface area contributed by atoms with Crippen molar-refractivity contribution in [3.8, 4) is 17.3 Å². The van der Waals surface area contributed by atoms with Crippen LogP contribution in [-0.2, 0) is 0 Å². The summed E-state index contributed by atoms with van der Waals surface area (Å²) < 4.78 is 49.7. The number of aromatic nitrogens is 4. The van der Waals surface area contributed by atoms with Gasteiger partial charge in [-0.25, -0.2) is 4.98 Å². The fourth-order valence-electron chi connectivity index (χ4n) is 4.49. The number of halogens is 3. The van der Waals surface area contributed by atoms with E-state index in [1.807, 2.05) is 18.2 Å². The van der Waals surface area contributed by atoms with Crippen molar-refractivity contribution in [1.82, 2.24) is 24.5 Å². The standard InChI is InChI=1S/C24H25F3N6O2/c1-14(13-34)35-19-4-2-3-15-5-7-18(29-21(15)19)23-31-30-20-8-6-16(11-33(20)23)22(24(25,26)27)32-10-9-17(28)12-32/h2-8,11,14,17,22,34H,9-10,12-13,28H2,1H3/t14?,17?,22-/m1/s1. The molecule has 184 valence electrons. The summed E-state index contributed by atoms with van der Waals surface area (Å²) in [7, 11) is 0. The van der Waals surface area contributed by atoms with E-state index in [1.54, 1.807) is 19.1 Å². The van der Waals surface area contributed by atoms with Crippen molar-refractivity contribution in [2.45, 2.75) is 37.7 Å². The van der Waals surface area contributed by atoms with E-state index in [0.29, 0.717) is 34.9 Å². The van der Waals surface area contributed by atoms with E-state index in [-0.39, 0.29) is 31.3 Å². The maximum Gasteiger partial charge on any atom is 0.408 e. The minimum absolute atomic E-state index is 0.0849. The highest BCUT2D eigenvalue weighted by Crippen LogP contribution is 2.39. The van der Waals surface area contributed by atoms with E-state index >= 15 is 0 Å². The van der Waals surface area contributed by atoms with E-state index in [9.17, 15) is 18.3 Å². The van der Waals surface area contributed by atoms with Crippen molar-refractivity contribution in [2.75, 3.05) is 19.7 Å². The van der Waals surface area contributed by atoms with Crippen molar-refractivity contribution >= 4 is 16.6 Å². The summed E-state index contributed by atoms with van der Waals surface area (Å²) in [4.78, 5) is 6.06. The van der Waals surface area contributed by atoms with Gasteiger partial charge in [0.2, 0.25) is 0 Å². The lowest BCUT2D eigenvalue weighted by molar-refractivity contribution is -0.183. The van der Waals surface area contributed by atoms with Crippen LogP contribution in [0, 0.1) is 0 Å². The maximum atomic E-state index is 14.1. The Kier molecular flexibility index (Phi) is 6.07. The minimum Gasteiger partial charge on any atom is -0.486 e. The molecule has 35 heavy (non-hydrogen) atoms. The predicted molar refractivity (Wildman–Crippen MR) is 124 cm³/mol. The van der Waals surface area contributed by atoms with Gasteiger partial charge in [0.25, 0.3) is 0 Å². The number of benzene rings is 1. The molecule has 4 aromatic rings. The SMILES string of the molecule is CC(CO)Oc1cccc2ccc(-c3nnc4ccc([C@@H](N5CCC(N)C5)C(F)(F)F)cn34)nc12. The van der Waals surface area contributed by atoms with Crippen molar-refractivity contribution in [3.63, 3.8) is 0 Å². The summed E-state index contributed by atoms with van der Waals surface area (Å²) in [5.74, 6) is 0.802. The second-order valence-electron chi connectivity index (χ2n) is 8.84. The zero-order valence-electron chi connectivity index (χ0n) is 19.0. The van der Waals surface area contributed by atoms with Gasteiger partial charge in [-0.1, -0.05) is 24.3 Å². The average molecular weight is 486 g/mol. The zero-order valence-corrected chi connectivity index (χ0v) is 19.0. The first-order valence-corrected chi connectivity index (χ1v) is 11.3. The van der Waals surface area contributed by atoms with E-state index < -0.39 is 18.3 Å². The van der Waals surface area contributed by atoms with Crippen molar-refractivity contribution in [2.24, 2.45) is 5.73 Å². The summed E-state index contributed by atoms with van der Waals surface area (Å²) in [6, 6.07) is 9.93. The first kappa shape index (κ1) is 23.5. The van der Waals surface area contributed by atoms with Crippen LogP contribution in [0.1, 0.15) is 24.9 Å². The maximum absolute atomic E-state index is 14.1. The quantitative estimate of drug-likeness (QED) is 0.431. The van der Waals surface area contributed by atoms with Gasteiger partial charge >= 0.3 is 6.18 Å². The van der Waals surface area contributed by atoms with Crippen LogP contribution in [0.3, 0.4) is 0 Å². The van der Waals surface area contributed by atoms with Crippen LogP contribution in [0.2, 0.25) is 0 Å². The van der Waals surface area contributed by atoms with E-state index in [1.165, 1.54) is 27.6 Å². The molecule has 1 fully saturated rings. The summed E-state index contributed by atoms with van der Waals surface area (Å²) in [6.45, 7) is 2.04. The van der Waals surface area contributed by atoms with Gasteiger partial charge in [0, 0.05) is 30.7 Å². The highest BCUT2D eigenvalue weighted by molar-refractivity contribution is 5.86. The lowest BCUT2D eigenvalue weighted by Crippen LogP contribution is -2.38. The van der Waals surface area contributed by atoms with E-state index in [0.717, 1.165) is 5.39 Å². The number of aliphatic hydroxyl groups excluding tert-OH is 1. The fourth-order valence-corrected chi connectivity index (χ4v) is 4.49. The molecular formula is C24H25F3N6O2. The molecule has 0 spiro atoms. The van der Waals surface area contributed by atoms with Gasteiger partial charge in [-0.2, -0.15) is 13.2 Å². The fraction of sp³-hybridized carbons (Fsp3) is 0.375. The molecule has 1 aromatic carbocycles. The molecule has 3 aromatic heterocycles. The average Bonchev–Trinajstić information content (AvgIpc) is 3.44. The lowest BCUT2D eigenvalue weighted by Gasteiger charge is -2.30. The van der Waals surface area contributed by atoms with Crippen LogP contribution >= 0.6 is 0 Å². The van der Waals surface area contributed by atoms with Crippen LogP contribution in [0.25, 0.3) is 28.1 Å². The number of rotatable bonds is 6. The molecule has 0 amide bonds. The number of pyridine rings is 2. The zero-order chi connectivity index (χ0) is 24.7. The number of fused-ring (bicyclic) bond motifs is 2. The number of para-hydroxylation sites is 1. The Morgan fingerprint density at radius 3 is 2.71 bits per heavy atom. The number of hydrogen-bond donors (Lipinski definition) is 2. The van der Waals surface area contributed by atoms with Crippen LogP contribution < -0.4 is 10.5 Å². The normalized spacial score (nSPS) is 18.9. The van der Waals surface area contributed by atoms with Crippen LogP contribution in [-0.4, -0.2) is 67.6 Å². The first-order valence-electron chi connectivity index (χ1n) is 11.3.